The van der Waals surface area contributed by atoms with E-state index in [1.165, 1.54) is 18.2 Å². The van der Waals surface area contributed by atoms with Crippen LogP contribution in [0.4, 0.5) is 21.5 Å². The number of benzene rings is 3. The third-order valence-electron chi connectivity index (χ3n) is 4.61. The molecule has 0 aromatic heterocycles. The number of hydrogen-bond donors (Lipinski definition) is 2. The molecule has 3 amide bonds. The number of anilines is 3. The van der Waals surface area contributed by atoms with E-state index in [0.717, 1.165) is 21.5 Å². The highest BCUT2D eigenvalue weighted by atomic mass is 79.9. The van der Waals surface area contributed by atoms with E-state index in [2.05, 4.69) is 26.6 Å². The molecule has 160 valence electrons. The van der Waals surface area contributed by atoms with Crippen molar-refractivity contribution in [2.24, 2.45) is 0 Å². The van der Waals surface area contributed by atoms with Crippen LogP contribution in [0, 0.1) is 5.82 Å². The van der Waals surface area contributed by atoms with Gasteiger partial charge >= 0.3 is 0 Å². The molecule has 0 aliphatic carbocycles. The van der Waals surface area contributed by atoms with Crippen LogP contribution in [0.15, 0.2) is 88.0 Å². The van der Waals surface area contributed by atoms with Crippen molar-refractivity contribution in [2.45, 2.75) is 0 Å². The number of nitrogens with zero attached hydrogens (tertiary/aromatic N) is 1. The van der Waals surface area contributed by atoms with Gasteiger partial charge in [0.25, 0.3) is 17.7 Å². The van der Waals surface area contributed by atoms with E-state index in [0.29, 0.717) is 16.9 Å². The lowest BCUT2D eigenvalue weighted by Gasteiger charge is -2.15. The van der Waals surface area contributed by atoms with Crippen molar-refractivity contribution in [3.8, 4) is 0 Å². The molecule has 0 saturated carbocycles. The second-order valence-electron chi connectivity index (χ2n) is 6.78. The molecule has 0 radical (unpaired) electrons. The minimum Gasteiger partial charge on any atom is -0.350 e. The van der Waals surface area contributed by atoms with E-state index in [4.69, 9.17) is 11.6 Å². The summed E-state index contributed by atoms with van der Waals surface area (Å²) in [6.45, 7) is 0. The van der Waals surface area contributed by atoms with Crippen molar-refractivity contribution >= 4 is 62.3 Å². The highest BCUT2D eigenvalue weighted by Gasteiger charge is 2.39. The van der Waals surface area contributed by atoms with Crippen LogP contribution in [0.25, 0.3) is 0 Å². The Kier molecular flexibility index (Phi) is 6.07. The van der Waals surface area contributed by atoms with Crippen molar-refractivity contribution in [1.29, 1.82) is 0 Å². The number of amides is 3. The number of carbonyl (C=O) groups excluding carboxylic acids is 3. The van der Waals surface area contributed by atoms with Crippen LogP contribution >= 0.6 is 27.5 Å². The summed E-state index contributed by atoms with van der Waals surface area (Å²) in [7, 11) is 0. The average molecular weight is 515 g/mol. The highest BCUT2D eigenvalue weighted by molar-refractivity contribution is 9.10. The molecule has 1 aliphatic heterocycles. The molecule has 0 fully saturated rings. The van der Waals surface area contributed by atoms with Gasteiger partial charge in [-0.2, -0.15) is 0 Å². The number of nitrogens with one attached hydrogen (secondary N) is 2. The standard InChI is InChI=1S/C23H14BrClFN3O3/c24-14-4-8-16(9-5-14)28-21(30)13-2-1-3-17(12-13)27-20-19(25)22(31)29(23(20)32)18-10-6-15(26)7-11-18/h1-12,27H,(H,28,30). The topological polar surface area (TPSA) is 78.5 Å². The Hall–Kier alpha value is -3.49. The Bertz CT molecular complexity index is 1260. The molecular weight excluding hydrogens is 501 g/mol. The van der Waals surface area contributed by atoms with Crippen molar-refractivity contribution in [3.63, 3.8) is 0 Å². The van der Waals surface area contributed by atoms with Crippen LogP contribution in [0.1, 0.15) is 10.4 Å². The fourth-order valence-electron chi connectivity index (χ4n) is 3.06. The zero-order valence-corrected chi connectivity index (χ0v) is 18.6. The van der Waals surface area contributed by atoms with E-state index in [1.807, 2.05) is 0 Å². The maximum atomic E-state index is 13.2. The molecule has 32 heavy (non-hydrogen) atoms. The summed E-state index contributed by atoms with van der Waals surface area (Å²) in [5.41, 5.74) is 1.41. The van der Waals surface area contributed by atoms with Gasteiger partial charge in [0, 0.05) is 21.4 Å². The van der Waals surface area contributed by atoms with Gasteiger partial charge in [0.2, 0.25) is 0 Å². The Morgan fingerprint density at radius 3 is 2.28 bits per heavy atom. The van der Waals surface area contributed by atoms with Gasteiger partial charge in [-0.3, -0.25) is 14.4 Å². The summed E-state index contributed by atoms with van der Waals surface area (Å²) in [6.07, 6.45) is 0. The molecular formula is C23H14BrClFN3O3. The monoisotopic (exact) mass is 513 g/mol. The van der Waals surface area contributed by atoms with Gasteiger partial charge in [0.1, 0.15) is 16.5 Å². The van der Waals surface area contributed by atoms with Crippen LogP contribution in [0.3, 0.4) is 0 Å². The average Bonchev–Trinajstić information content (AvgIpc) is 2.99. The Labute approximate surface area is 195 Å². The summed E-state index contributed by atoms with van der Waals surface area (Å²) in [6, 6.07) is 18.4. The van der Waals surface area contributed by atoms with Gasteiger partial charge in [0.15, 0.2) is 0 Å². The minimum atomic E-state index is -0.727. The molecule has 9 heteroatoms. The molecule has 3 aromatic rings. The van der Waals surface area contributed by atoms with Gasteiger partial charge in [-0.05, 0) is 66.7 Å². The van der Waals surface area contributed by atoms with Crippen molar-refractivity contribution < 1.29 is 18.8 Å². The fourth-order valence-corrected chi connectivity index (χ4v) is 3.53. The molecule has 0 saturated heterocycles. The van der Waals surface area contributed by atoms with Crippen LogP contribution in [0.5, 0.6) is 0 Å². The van der Waals surface area contributed by atoms with E-state index >= 15 is 0 Å². The predicted molar refractivity (Wildman–Crippen MR) is 124 cm³/mol. The zero-order chi connectivity index (χ0) is 22.8. The number of hydrogen-bond acceptors (Lipinski definition) is 4. The minimum absolute atomic E-state index is 0.133. The van der Waals surface area contributed by atoms with Crippen LogP contribution in [-0.2, 0) is 9.59 Å². The summed E-state index contributed by atoms with van der Waals surface area (Å²) in [4.78, 5) is 38.8. The SMILES string of the molecule is O=C(Nc1ccc(Br)cc1)c1cccc(NC2=C(Cl)C(=O)N(c3ccc(F)cc3)C2=O)c1. The van der Waals surface area contributed by atoms with Crippen LogP contribution in [-0.4, -0.2) is 17.7 Å². The third-order valence-corrected chi connectivity index (χ3v) is 5.49. The number of rotatable bonds is 5. The van der Waals surface area contributed by atoms with Crippen LogP contribution < -0.4 is 15.5 Å². The van der Waals surface area contributed by atoms with Crippen LogP contribution in [0.2, 0.25) is 0 Å². The predicted octanol–water partition coefficient (Wildman–Crippen LogP) is 5.28. The van der Waals surface area contributed by atoms with Gasteiger partial charge in [-0.15, -0.1) is 0 Å². The maximum absolute atomic E-state index is 13.2. The largest absolute Gasteiger partial charge is 0.350 e. The first-order chi connectivity index (χ1) is 15.3. The smallest absolute Gasteiger partial charge is 0.283 e. The van der Waals surface area contributed by atoms with Gasteiger partial charge < -0.3 is 10.6 Å². The zero-order valence-electron chi connectivity index (χ0n) is 16.2. The summed E-state index contributed by atoms with van der Waals surface area (Å²) in [5.74, 6) is -2.26. The molecule has 0 bridgehead atoms. The molecule has 1 heterocycles. The summed E-state index contributed by atoms with van der Waals surface area (Å²) < 4.78 is 14.1. The first-order valence-corrected chi connectivity index (χ1v) is 10.5. The molecule has 0 unspecified atom stereocenters. The van der Waals surface area contributed by atoms with Gasteiger partial charge in [-0.1, -0.05) is 33.6 Å². The Balaban J connectivity index is 1.53. The number of imide groups is 1. The normalized spacial score (nSPS) is 13.5. The first kappa shape index (κ1) is 21.7. The summed E-state index contributed by atoms with van der Waals surface area (Å²) in [5, 5.41) is 5.30. The highest BCUT2D eigenvalue weighted by Crippen LogP contribution is 2.30. The lowest BCUT2D eigenvalue weighted by molar-refractivity contribution is -0.120. The first-order valence-electron chi connectivity index (χ1n) is 9.31. The molecule has 1 aliphatic rings. The van der Waals surface area contributed by atoms with E-state index in [-0.39, 0.29) is 22.3 Å². The Morgan fingerprint density at radius 1 is 0.906 bits per heavy atom. The molecule has 4 rings (SSSR count). The maximum Gasteiger partial charge on any atom is 0.283 e. The number of carbonyl (C=O) groups is 3. The van der Waals surface area contributed by atoms with Gasteiger partial charge in [-0.25, -0.2) is 9.29 Å². The third kappa shape index (κ3) is 4.42. The number of halogens is 3. The molecule has 2 N–H and O–H groups in total. The van der Waals surface area contributed by atoms with Crippen molar-refractivity contribution in [1.82, 2.24) is 0 Å². The summed E-state index contributed by atoms with van der Waals surface area (Å²) >= 11 is 9.46. The van der Waals surface area contributed by atoms with E-state index < -0.39 is 17.6 Å². The quantitative estimate of drug-likeness (QED) is 0.454. The lowest BCUT2D eigenvalue weighted by Crippen LogP contribution is -2.32. The fraction of sp³-hybridized carbons (Fsp3) is 0. The Morgan fingerprint density at radius 2 is 1.59 bits per heavy atom. The molecule has 0 spiro atoms. The van der Waals surface area contributed by atoms with Gasteiger partial charge in [0.05, 0.1) is 5.69 Å². The van der Waals surface area contributed by atoms with E-state index in [9.17, 15) is 18.8 Å². The lowest BCUT2D eigenvalue weighted by atomic mass is 10.1. The van der Waals surface area contributed by atoms with E-state index in [1.54, 1.807) is 42.5 Å². The van der Waals surface area contributed by atoms with Crippen molar-refractivity contribution in [2.75, 3.05) is 15.5 Å². The second kappa shape index (κ2) is 8.94. The molecule has 0 atom stereocenters. The van der Waals surface area contributed by atoms with Crippen molar-refractivity contribution in [3.05, 3.63) is 99.4 Å². The molecule has 3 aromatic carbocycles. The second-order valence-corrected chi connectivity index (χ2v) is 8.07. The molecule has 6 nitrogen and oxygen atoms in total.